The molecule has 0 heterocycles. The molecular weight excluding hydrogens is 306 g/mol. The third-order valence-electron chi connectivity index (χ3n) is 3.34. The summed E-state index contributed by atoms with van der Waals surface area (Å²) in [4.78, 5) is 12.2. The fourth-order valence-corrected chi connectivity index (χ4v) is 2.84. The average Bonchev–Trinajstić information content (AvgIpc) is 2.51. The molecule has 1 amide bonds. The van der Waals surface area contributed by atoms with Crippen LogP contribution in [-0.2, 0) is 9.84 Å². The number of hydrogen-bond donors (Lipinski definition) is 3. The number of nitrogens with two attached hydrogens (primary N) is 2. The highest BCUT2D eigenvalue weighted by Gasteiger charge is 2.22. The lowest BCUT2D eigenvalue weighted by Gasteiger charge is -2.15. The molecular formula is C14H23N3O4S. The second kappa shape index (κ2) is 7.46. The van der Waals surface area contributed by atoms with E-state index in [-0.39, 0.29) is 33.7 Å². The van der Waals surface area contributed by atoms with Gasteiger partial charge in [0.05, 0.1) is 29.0 Å². The topological polar surface area (TPSA) is 125 Å². The largest absolute Gasteiger partial charge is 0.496 e. The van der Waals surface area contributed by atoms with Crippen molar-refractivity contribution in [3.8, 4) is 5.75 Å². The van der Waals surface area contributed by atoms with Crippen molar-refractivity contribution in [2.45, 2.75) is 31.2 Å². The number of methoxy groups -OCH3 is 1. The SMILES string of the molecule is CCC(N)CNC(=O)c1cc(S(=O)(=O)CC)c(N)cc1OC. The van der Waals surface area contributed by atoms with E-state index in [9.17, 15) is 13.2 Å². The van der Waals surface area contributed by atoms with Crippen LogP contribution in [0.4, 0.5) is 5.69 Å². The molecule has 0 radical (unpaired) electrons. The Kier molecular flexibility index (Phi) is 6.19. The predicted octanol–water partition coefficient (Wildman–Crippen LogP) is 0.538. The van der Waals surface area contributed by atoms with Crippen LogP contribution in [0.5, 0.6) is 5.75 Å². The molecule has 0 aliphatic rings. The second-order valence-electron chi connectivity index (χ2n) is 4.87. The molecule has 0 aromatic heterocycles. The average molecular weight is 329 g/mol. The number of carbonyl (C=O) groups excluding carboxylic acids is 1. The van der Waals surface area contributed by atoms with Crippen LogP contribution in [0.15, 0.2) is 17.0 Å². The lowest BCUT2D eigenvalue weighted by atomic mass is 10.1. The van der Waals surface area contributed by atoms with Crippen LogP contribution in [0, 0.1) is 0 Å². The van der Waals surface area contributed by atoms with Gasteiger partial charge >= 0.3 is 0 Å². The summed E-state index contributed by atoms with van der Waals surface area (Å²) in [7, 11) is -2.14. The summed E-state index contributed by atoms with van der Waals surface area (Å²) >= 11 is 0. The van der Waals surface area contributed by atoms with Crippen molar-refractivity contribution in [1.29, 1.82) is 0 Å². The van der Waals surface area contributed by atoms with Gasteiger partial charge in [-0.2, -0.15) is 0 Å². The van der Waals surface area contributed by atoms with Crippen molar-refractivity contribution in [2.75, 3.05) is 25.1 Å². The molecule has 1 aromatic rings. The maximum absolute atomic E-state index is 12.2. The number of hydrogen-bond acceptors (Lipinski definition) is 6. The molecule has 0 bridgehead atoms. The number of sulfone groups is 1. The number of amides is 1. The Morgan fingerprint density at radius 3 is 2.50 bits per heavy atom. The fourth-order valence-electron chi connectivity index (χ4n) is 1.81. The summed E-state index contributed by atoms with van der Waals surface area (Å²) in [6.07, 6.45) is 0.717. The minimum atomic E-state index is -3.53. The van der Waals surface area contributed by atoms with Crippen molar-refractivity contribution in [3.05, 3.63) is 17.7 Å². The van der Waals surface area contributed by atoms with Gasteiger partial charge in [0.2, 0.25) is 0 Å². The molecule has 1 unspecified atom stereocenters. The zero-order valence-corrected chi connectivity index (χ0v) is 13.9. The summed E-state index contributed by atoms with van der Waals surface area (Å²) < 4.78 is 29.2. The Hall–Kier alpha value is -1.80. The maximum Gasteiger partial charge on any atom is 0.255 e. The number of carbonyl (C=O) groups is 1. The highest BCUT2D eigenvalue weighted by molar-refractivity contribution is 7.91. The third-order valence-corrected chi connectivity index (χ3v) is 5.12. The van der Waals surface area contributed by atoms with Crippen molar-refractivity contribution in [1.82, 2.24) is 5.32 Å². The van der Waals surface area contributed by atoms with E-state index in [1.807, 2.05) is 6.92 Å². The standard InChI is InChI=1S/C14H23N3O4S/c1-4-9(15)8-17-14(18)10-6-13(22(19,20)5-2)11(16)7-12(10)21-3/h6-7,9H,4-5,8,15-16H2,1-3H3,(H,17,18). The number of nitrogen functional groups attached to an aromatic ring is 1. The van der Waals surface area contributed by atoms with Crippen molar-refractivity contribution in [2.24, 2.45) is 5.73 Å². The molecule has 1 atom stereocenters. The monoisotopic (exact) mass is 329 g/mol. The van der Waals surface area contributed by atoms with Crippen molar-refractivity contribution < 1.29 is 17.9 Å². The number of nitrogens with one attached hydrogen (secondary N) is 1. The van der Waals surface area contributed by atoms with Gasteiger partial charge in [0.25, 0.3) is 5.91 Å². The molecule has 0 saturated carbocycles. The summed E-state index contributed by atoms with van der Waals surface area (Å²) in [5.74, 6) is -0.339. The molecule has 0 aliphatic heterocycles. The quantitative estimate of drug-likeness (QED) is 0.627. The zero-order chi connectivity index (χ0) is 16.9. The third kappa shape index (κ3) is 4.11. The van der Waals surface area contributed by atoms with Gasteiger partial charge in [-0.25, -0.2) is 8.42 Å². The molecule has 0 fully saturated rings. The van der Waals surface area contributed by atoms with Crippen LogP contribution in [0.25, 0.3) is 0 Å². The zero-order valence-electron chi connectivity index (χ0n) is 13.0. The summed E-state index contributed by atoms with van der Waals surface area (Å²) in [6.45, 7) is 3.71. The van der Waals surface area contributed by atoms with Gasteiger partial charge < -0.3 is 21.5 Å². The van der Waals surface area contributed by atoms with Gasteiger partial charge in [0.1, 0.15) is 5.75 Å². The number of ether oxygens (including phenoxy) is 1. The molecule has 1 rings (SSSR count). The molecule has 5 N–H and O–H groups in total. The molecule has 0 aliphatic carbocycles. The predicted molar refractivity (Wildman–Crippen MR) is 85.7 cm³/mol. The molecule has 22 heavy (non-hydrogen) atoms. The number of rotatable bonds is 7. The normalized spacial score (nSPS) is 12.7. The van der Waals surface area contributed by atoms with Gasteiger partial charge in [0.15, 0.2) is 9.84 Å². The Labute approximate surface area is 130 Å². The second-order valence-corrected chi connectivity index (χ2v) is 7.12. The Morgan fingerprint density at radius 1 is 1.36 bits per heavy atom. The molecule has 7 nitrogen and oxygen atoms in total. The fraction of sp³-hybridized carbons (Fsp3) is 0.500. The lowest BCUT2D eigenvalue weighted by Crippen LogP contribution is -2.36. The van der Waals surface area contributed by atoms with Crippen LogP contribution in [-0.4, -0.2) is 39.8 Å². The highest BCUT2D eigenvalue weighted by atomic mass is 32.2. The smallest absolute Gasteiger partial charge is 0.255 e. The van der Waals surface area contributed by atoms with E-state index in [2.05, 4.69) is 5.32 Å². The van der Waals surface area contributed by atoms with Crippen LogP contribution >= 0.6 is 0 Å². The van der Waals surface area contributed by atoms with E-state index in [4.69, 9.17) is 16.2 Å². The molecule has 0 saturated heterocycles. The molecule has 1 aromatic carbocycles. The first-order valence-electron chi connectivity index (χ1n) is 7.00. The van der Waals surface area contributed by atoms with E-state index >= 15 is 0 Å². The van der Waals surface area contributed by atoms with Gasteiger partial charge in [-0.3, -0.25) is 4.79 Å². The highest BCUT2D eigenvalue weighted by Crippen LogP contribution is 2.29. The minimum absolute atomic E-state index is 0.0560. The summed E-state index contributed by atoms with van der Waals surface area (Å²) in [5.41, 5.74) is 11.7. The van der Waals surface area contributed by atoms with E-state index in [1.165, 1.54) is 26.2 Å². The first-order chi connectivity index (χ1) is 10.3. The number of benzene rings is 1. The van der Waals surface area contributed by atoms with Gasteiger partial charge in [-0.05, 0) is 12.5 Å². The Bertz CT molecular complexity index is 644. The summed E-state index contributed by atoms with van der Waals surface area (Å²) in [5, 5.41) is 2.66. The van der Waals surface area contributed by atoms with E-state index in [1.54, 1.807) is 0 Å². The van der Waals surface area contributed by atoms with E-state index in [0.717, 1.165) is 0 Å². The van der Waals surface area contributed by atoms with Gasteiger partial charge in [0, 0.05) is 18.7 Å². The van der Waals surface area contributed by atoms with E-state index in [0.29, 0.717) is 13.0 Å². The first-order valence-corrected chi connectivity index (χ1v) is 8.66. The Morgan fingerprint density at radius 2 is 2.00 bits per heavy atom. The molecule has 0 spiro atoms. The minimum Gasteiger partial charge on any atom is -0.496 e. The van der Waals surface area contributed by atoms with Crippen LogP contribution in [0.2, 0.25) is 0 Å². The van der Waals surface area contributed by atoms with Crippen LogP contribution < -0.4 is 21.5 Å². The van der Waals surface area contributed by atoms with Crippen molar-refractivity contribution >= 4 is 21.4 Å². The van der Waals surface area contributed by atoms with Crippen LogP contribution in [0.1, 0.15) is 30.6 Å². The van der Waals surface area contributed by atoms with Crippen LogP contribution in [0.3, 0.4) is 0 Å². The van der Waals surface area contributed by atoms with Gasteiger partial charge in [-0.1, -0.05) is 13.8 Å². The molecule has 124 valence electrons. The first kappa shape index (κ1) is 18.2. The van der Waals surface area contributed by atoms with Gasteiger partial charge in [-0.15, -0.1) is 0 Å². The molecule has 8 heteroatoms. The lowest BCUT2D eigenvalue weighted by molar-refractivity contribution is 0.0948. The van der Waals surface area contributed by atoms with E-state index < -0.39 is 15.7 Å². The number of anilines is 1. The van der Waals surface area contributed by atoms with Crippen molar-refractivity contribution in [3.63, 3.8) is 0 Å². The summed E-state index contributed by atoms with van der Waals surface area (Å²) in [6, 6.07) is 2.43. The Balaban J connectivity index is 3.23. The maximum atomic E-state index is 12.2.